The smallest absolute Gasteiger partial charge is 0.118 e. The van der Waals surface area contributed by atoms with Crippen molar-refractivity contribution < 1.29 is 24.4 Å². The second-order valence-electron chi connectivity index (χ2n) is 7.58. The molecule has 1 aromatic rings. The lowest BCUT2D eigenvalue weighted by atomic mass is 9.84. The van der Waals surface area contributed by atoms with Crippen LogP contribution < -0.4 is 4.74 Å². The third kappa shape index (κ3) is 5.19. The normalized spacial score (nSPS) is 24.8. The summed E-state index contributed by atoms with van der Waals surface area (Å²) in [6, 6.07) is 7.83. The van der Waals surface area contributed by atoms with E-state index in [2.05, 4.69) is 6.92 Å². The van der Waals surface area contributed by atoms with Crippen LogP contribution in [0.15, 0.2) is 24.3 Å². The van der Waals surface area contributed by atoms with Crippen molar-refractivity contribution in [2.24, 2.45) is 0 Å². The Bertz CT molecular complexity index is 536. The molecule has 5 nitrogen and oxygen atoms in total. The molecule has 26 heavy (non-hydrogen) atoms. The molecular weight excluding hydrogens is 332 g/mol. The highest BCUT2D eigenvalue weighted by Crippen LogP contribution is 2.35. The average Bonchev–Trinajstić information content (AvgIpc) is 3.09. The maximum Gasteiger partial charge on any atom is 0.118 e. The molecule has 0 saturated carbocycles. The van der Waals surface area contributed by atoms with Gasteiger partial charge in [0, 0.05) is 6.61 Å². The van der Waals surface area contributed by atoms with Gasteiger partial charge in [-0.15, -0.1) is 0 Å². The summed E-state index contributed by atoms with van der Waals surface area (Å²) < 4.78 is 17.4. The van der Waals surface area contributed by atoms with E-state index >= 15 is 0 Å². The van der Waals surface area contributed by atoms with Crippen LogP contribution in [-0.4, -0.2) is 47.3 Å². The van der Waals surface area contributed by atoms with Crippen molar-refractivity contribution in [3.63, 3.8) is 0 Å². The fourth-order valence-corrected chi connectivity index (χ4v) is 3.60. The molecule has 5 heteroatoms. The largest absolute Gasteiger partial charge is 0.497 e. The first-order chi connectivity index (χ1) is 12.3. The molecule has 4 atom stereocenters. The first-order valence-corrected chi connectivity index (χ1v) is 9.62. The topological polar surface area (TPSA) is 68.2 Å². The van der Waals surface area contributed by atoms with Crippen LogP contribution in [0.25, 0.3) is 0 Å². The number of methoxy groups -OCH3 is 1. The monoisotopic (exact) mass is 366 g/mol. The van der Waals surface area contributed by atoms with Gasteiger partial charge in [0.2, 0.25) is 0 Å². The van der Waals surface area contributed by atoms with E-state index in [-0.39, 0.29) is 11.7 Å². The van der Waals surface area contributed by atoms with Gasteiger partial charge in [0.15, 0.2) is 0 Å². The number of hydrogen-bond donors (Lipinski definition) is 2. The zero-order chi connectivity index (χ0) is 19.2. The second kappa shape index (κ2) is 9.18. The van der Waals surface area contributed by atoms with Gasteiger partial charge in [-0.05, 0) is 63.6 Å². The van der Waals surface area contributed by atoms with E-state index in [1.54, 1.807) is 14.0 Å². The third-order valence-corrected chi connectivity index (χ3v) is 5.77. The van der Waals surface area contributed by atoms with Crippen molar-refractivity contribution in [2.75, 3.05) is 13.7 Å². The maximum atomic E-state index is 10.7. The number of benzene rings is 1. The second-order valence-corrected chi connectivity index (χ2v) is 7.58. The SMILES string of the molecule is CC[C@@](O)(CC[C@H](OCc1ccc(OC)cc1)[C@@]1(C)CCCO1)[C@@H](C)O. The first kappa shape index (κ1) is 21.2. The summed E-state index contributed by atoms with van der Waals surface area (Å²) in [5.41, 5.74) is -0.366. The highest BCUT2D eigenvalue weighted by atomic mass is 16.6. The van der Waals surface area contributed by atoms with Crippen LogP contribution in [-0.2, 0) is 16.1 Å². The number of rotatable bonds is 10. The molecule has 0 spiro atoms. The van der Waals surface area contributed by atoms with Gasteiger partial charge < -0.3 is 24.4 Å². The Balaban J connectivity index is 2.03. The molecule has 0 aliphatic carbocycles. The fraction of sp³-hybridized carbons (Fsp3) is 0.714. The molecule has 1 aliphatic heterocycles. The summed E-state index contributed by atoms with van der Waals surface area (Å²) in [6.07, 6.45) is 2.69. The predicted molar refractivity (Wildman–Crippen MR) is 101 cm³/mol. The lowest BCUT2D eigenvalue weighted by molar-refractivity contribution is -0.134. The third-order valence-electron chi connectivity index (χ3n) is 5.77. The lowest BCUT2D eigenvalue weighted by Crippen LogP contribution is -2.45. The molecule has 0 bridgehead atoms. The van der Waals surface area contributed by atoms with Gasteiger partial charge in [-0.2, -0.15) is 0 Å². The van der Waals surface area contributed by atoms with Crippen LogP contribution in [0.4, 0.5) is 0 Å². The molecular formula is C21H34O5. The van der Waals surface area contributed by atoms with Crippen LogP contribution in [0.2, 0.25) is 0 Å². The van der Waals surface area contributed by atoms with Crippen LogP contribution >= 0.6 is 0 Å². The summed E-state index contributed by atoms with van der Waals surface area (Å²) >= 11 is 0. The Morgan fingerprint density at radius 2 is 2.00 bits per heavy atom. The molecule has 2 rings (SSSR count). The van der Waals surface area contributed by atoms with Gasteiger partial charge in [-0.3, -0.25) is 0 Å². The molecule has 148 valence electrons. The van der Waals surface area contributed by atoms with Crippen LogP contribution in [0.3, 0.4) is 0 Å². The number of aliphatic hydroxyl groups is 2. The number of ether oxygens (including phenoxy) is 3. The van der Waals surface area contributed by atoms with E-state index < -0.39 is 11.7 Å². The van der Waals surface area contributed by atoms with Crippen molar-refractivity contribution in [1.29, 1.82) is 0 Å². The molecule has 1 aliphatic rings. The van der Waals surface area contributed by atoms with Gasteiger partial charge in [0.05, 0.1) is 37.1 Å². The van der Waals surface area contributed by atoms with Crippen molar-refractivity contribution >= 4 is 0 Å². The standard InChI is InChI=1S/C21H34O5/c1-5-21(23,16(2)22)13-11-19(20(3)12-6-14-26-20)25-15-17-7-9-18(24-4)10-8-17/h7-10,16,19,22-23H,5-6,11-15H2,1-4H3/t16-,19+,20-,21-/m1/s1. The van der Waals surface area contributed by atoms with Crippen molar-refractivity contribution in [3.05, 3.63) is 29.8 Å². The molecule has 1 aromatic carbocycles. The summed E-state index contributed by atoms with van der Waals surface area (Å²) in [5.74, 6) is 0.821. The lowest BCUT2D eigenvalue weighted by Gasteiger charge is -2.37. The molecule has 1 heterocycles. The van der Waals surface area contributed by atoms with Crippen molar-refractivity contribution in [2.45, 2.75) is 82.9 Å². The van der Waals surface area contributed by atoms with E-state index in [9.17, 15) is 10.2 Å². The molecule has 0 amide bonds. The number of hydrogen-bond acceptors (Lipinski definition) is 5. The van der Waals surface area contributed by atoms with Gasteiger partial charge in [0.25, 0.3) is 0 Å². The van der Waals surface area contributed by atoms with E-state index in [0.29, 0.717) is 25.9 Å². The zero-order valence-corrected chi connectivity index (χ0v) is 16.5. The van der Waals surface area contributed by atoms with Crippen molar-refractivity contribution in [3.8, 4) is 5.75 Å². The summed E-state index contributed by atoms with van der Waals surface area (Å²) in [5, 5.41) is 20.6. The highest BCUT2D eigenvalue weighted by molar-refractivity contribution is 5.26. The molecule has 0 aromatic heterocycles. The minimum Gasteiger partial charge on any atom is -0.497 e. The van der Waals surface area contributed by atoms with Gasteiger partial charge in [-0.25, -0.2) is 0 Å². The Kier molecular flexibility index (Phi) is 7.47. The maximum absolute atomic E-state index is 10.7. The molecule has 0 radical (unpaired) electrons. The fourth-order valence-electron chi connectivity index (χ4n) is 3.60. The van der Waals surface area contributed by atoms with E-state index in [1.807, 2.05) is 31.2 Å². The Morgan fingerprint density at radius 1 is 1.31 bits per heavy atom. The van der Waals surface area contributed by atoms with E-state index in [4.69, 9.17) is 14.2 Å². The summed E-state index contributed by atoms with van der Waals surface area (Å²) in [6.45, 7) is 6.85. The molecule has 1 fully saturated rings. The Hall–Kier alpha value is -1.14. The average molecular weight is 366 g/mol. The molecule has 2 N–H and O–H groups in total. The van der Waals surface area contributed by atoms with E-state index in [1.165, 1.54) is 0 Å². The summed E-state index contributed by atoms with van der Waals surface area (Å²) in [4.78, 5) is 0. The minimum absolute atomic E-state index is 0.135. The predicted octanol–water partition coefficient (Wildman–Crippen LogP) is 3.45. The van der Waals surface area contributed by atoms with Gasteiger partial charge in [-0.1, -0.05) is 19.1 Å². The van der Waals surface area contributed by atoms with E-state index in [0.717, 1.165) is 30.8 Å². The minimum atomic E-state index is -1.09. The van der Waals surface area contributed by atoms with Gasteiger partial charge in [0.1, 0.15) is 5.75 Å². The van der Waals surface area contributed by atoms with Gasteiger partial charge >= 0.3 is 0 Å². The van der Waals surface area contributed by atoms with Crippen molar-refractivity contribution in [1.82, 2.24) is 0 Å². The Labute approximate surface area is 157 Å². The first-order valence-electron chi connectivity index (χ1n) is 9.62. The summed E-state index contributed by atoms with van der Waals surface area (Å²) in [7, 11) is 1.65. The van der Waals surface area contributed by atoms with Crippen LogP contribution in [0.5, 0.6) is 5.75 Å². The Morgan fingerprint density at radius 3 is 2.50 bits per heavy atom. The highest BCUT2D eigenvalue weighted by Gasteiger charge is 2.41. The molecule has 1 saturated heterocycles. The number of aliphatic hydroxyl groups excluding tert-OH is 1. The quantitative estimate of drug-likeness (QED) is 0.664. The van der Waals surface area contributed by atoms with Crippen LogP contribution in [0, 0.1) is 0 Å². The zero-order valence-electron chi connectivity index (χ0n) is 16.5. The van der Waals surface area contributed by atoms with Crippen LogP contribution in [0.1, 0.15) is 58.4 Å². The molecule has 0 unspecified atom stereocenters.